The molecule has 0 aliphatic heterocycles. The molecule has 0 saturated carbocycles. The van der Waals surface area contributed by atoms with E-state index in [-0.39, 0.29) is 0 Å². The van der Waals surface area contributed by atoms with Crippen molar-refractivity contribution in [1.29, 1.82) is 0 Å². The molecule has 0 N–H and O–H groups in total. The summed E-state index contributed by atoms with van der Waals surface area (Å²) >= 11 is 0. The SMILES string of the molecule is CCCCC/C(C)=C(/C=NC)C(C)C. The van der Waals surface area contributed by atoms with Crippen LogP contribution in [0, 0.1) is 5.92 Å². The number of hydrogen-bond donors (Lipinski definition) is 0. The topological polar surface area (TPSA) is 12.4 Å². The maximum absolute atomic E-state index is 4.12. The molecule has 82 valence electrons. The van der Waals surface area contributed by atoms with Crippen molar-refractivity contribution in [2.24, 2.45) is 10.9 Å². The van der Waals surface area contributed by atoms with Crippen LogP contribution in [-0.4, -0.2) is 13.3 Å². The highest BCUT2D eigenvalue weighted by Crippen LogP contribution is 2.18. The minimum Gasteiger partial charge on any atom is -0.296 e. The van der Waals surface area contributed by atoms with Gasteiger partial charge >= 0.3 is 0 Å². The van der Waals surface area contributed by atoms with E-state index in [1.807, 2.05) is 13.3 Å². The lowest BCUT2D eigenvalue weighted by molar-refractivity contribution is 0.699. The summed E-state index contributed by atoms with van der Waals surface area (Å²) in [5.41, 5.74) is 2.93. The van der Waals surface area contributed by atoms with Gasteiger partial charge in [-0.15, -0.1) is 0 Å². The molecule has 0 fully saturated rings. The molecule has 0 saturated heterocycles. The molecule has 0 spiro atoms. The molecule has 1 heteroatoms. The Balaban J connectivity index is 4.32. The molecule has 0 heterocycles. The van der Waals surface area contributed by atoms with Crippen LogP contribution in [-0.2, 0) is 0 Å². The third-order valence-corrected chi connectivity index (χ3v) is 2.54. The van der Waals surface area contributed by atoms with Gasteiger partial charge in [0.15, 0.2) is 0 Å². The van der Waals surface area contributed by atoms with Crippen molar-refractivity contribution in [3.8, 4) is 0 Å². The van der Waals surface area contributed by atoms with Crippen molar-refractivity contribution >= 4 is 6.21 Å². The molecule has 0 atom stereocenters. The van der Waals surface area contributed by atoms with E-state index in [0.29, 0.717) is 5.92 Å². The number of hydrogen-bond acceptors (Lipinski definition) is 1. The molecular weight excluding hydrogens is 170 g/mol. The number of nitrogens with zero attached hydrogens (tertiary/aromatic N) is 1. The summed E-state index contributed by atoms with van der Waals surface area (Å²) in [7, 11) is 1.85. The van der Waals surface area contributed by atoms with Gasteiger partial charge in [0, 0.05) is 13.3 Å². The van der Waals surface area contributed by atoms with Crippen LogP contribution in [0.25, 0.3) is 0 Å². The minimum atomic E-state index is 0.598. The zero-order valence-corrected chi connectivity index (χ0v) is 10.4. The Morgan fingerprint density at radius 3 is 2.36 bits per heavy atom. The lowest BCUT2D eigenvalue weighted by atomic mass is 9.95. The number of rotatable bonds is 6. The monoisotopic (exact) mass is 195 g/mol. The quantitative estimate of drug-likeness (QED) is 0.444. The normalized spacial score (nSPS) is 13.9. The van der Waals surface area contributed by atoms with Crippen LogP contribution in [0.2, 0.25) is 0 Å². The Morgan fingerprint density at radius 2 is 1.93 bits per heavy atom. The van der Waals surface area contributed by atoms with Gasteiger partial charge in [0.2, 0.25) is 0 Å². The first kappa shape index (κ1) is 13.4. The third-order valence-electron chi connectivity index (χ3n) is 2.54. The van der Waals surface area contributed by atoms with Crippen LogP contribution in [0.15, 0.2) is 16.1 Å². The van der Waals surface area contributed by atoms with Gasteiger partial charge in [-0.3, -0.25) is 4.99 Å². The Hall–Kier alpha value is -0.590. The van der Waals surface area contributed by atoms with Gasteiger partial charge in [0.25, 0.3) is 0 Å². The molecule has 0 bridgehead atoms. The number of unbranched alkanes of at least 4 members (excludes halogenated alkanes) is 2. The second-order valence-electron chi connectivity index (χ2n) is 4.23. The highest BCUT2D eigenvalue weighted by atomic mass is 14.6. The Labute approximate surface area is 89.3 Å². The third kappa shape index (κ3) is 5.21. The first-order valence-corrected chi connectivity index (χ1v) is 5.75. The Kier molecular flexibility index (Phi) is 7.45. The standard InChI is InChI=1S/C13H25N/c1-6-7-8-9-12(4)13(10-14-5)11(2)3/h10-11H,6-9H2,1-5H3/b13-12-,14-10?. The smallest absolute Gasteiger partial charge is 0.0277 e. The van der Waals surface area contributed by atoms with E-state index in [0.717, 1.165) is 0 Å². The molecule has 0 aliphatic carbocycles. The van der Waals surface area contributed by atoms with Gasteiger partial charge in [-0.05, 0) is 31.3 Å². The largest absolute Gasteiger partial charge is 0.296 e. The average molecular weight is 195 g/mol. The van der Waals surface area contributed by atoms with Crippen molar-refractivity contribution in [2.45, 2.75) is 53.4 Å². The molecule has 0 aromatic carbocycles. The maximum atomic E-state index is 4.12. The zero-order valence-electron chi connectivity index (χ0n) is 10.4. The van der Waals surface area contributed by atoms with Crippen LogP contribution in [0.1, 0.15) is 53.4 Å². The summed E-state index contributed by atoms with van der Waals surface area (Å²) in [5, 5.41) is 0. The Morgan fingerprint density at radius 1 is 1.29 bits per heavy atom. The van der Waals surface area contributed by atoms with Crippen molar-refractivity contribution in [3.63, 3.8) is 0 Å². The molecule has 0 aliphatic rings. The van der Waals surface area contributed by atoms with Crippen molar-refractivity contribution in [3.05, 3.63) is 11.1 Å². The lowest BCUT2D eigenvalue weighted by Crippen LogP contribution is -1.99. The van der Waals surface area contributed by atoms with Crippen LogP contribution in [0.5, 0.6) is 0 Å². The number of aliphatic imine (C=N–C) groups is 1. The fourth-order valence-electron chi connectivity index (χ4n) is 1.68. The van der Waals surface area contributed by atoms with Crippen molar-refractivity contribution in [1.82, 2.24) is 0 Å². The van der Waals surface area contributed by atoms with E-state index in [9.17, 15) is 0 Å². The van der Waals surface area contributed by atoms with Crippen LogP contribution in [0.3, 0.4) is 0 Å². The molecule has 0 unspecified atom stereocenters. The summed E-state index contributed by atoms with van der Waals surface area (Å²) < 4.78 is 0. The molecule has 0 rings (SSSR count). The molecule has 0 radical (unpaired) electrons. The van der Waals surface area contributed by atoms with Crippen molar-refractivity contribution in [2.75, 3.05) is 7.05 Å². The number of allylic oxidation sites excluding steroid dienone is 2. The lowest BCUT2D eigenvalue weighted by Gasteiger charge is -2.11. The second kappa shape index (κ2) is 7.78. The van der Waals surface area contributed by atoms with Gasteiger partial charge in [-0.1, -0.05) is 39.2 Å². The van der Waals surface area contributed by atoms with E-state index >= 15 is 0 Å². The summed E-state index contributed by atoms with van der Waals surface area (Å²) in [6.07, 6.45) is 7.20. The molecule has 0 aromatic rings. The Bertz CT molecular complexity index is 199. The zero-order chi connectivity index (χ0) is 11.0. The summed E-state index contributed by atoms with van der Waals surface area (Å²) in [6.45, 7) is 8.96. The van der Waals surface area contributed by atoms with E-state index in [1.165, 1.54) is 36.8 Å². The minimum absolute atomic E-state index is 0.598. The van der Waals surface area contributed by atoms with Gasteiger partial charge in [-0.2, -0.15) is 0 Å². The van der Waals surface area contributed by atoms with E-state index in [1.54, 1.807) is 0 Å². The van der Waals surface area contributed by atoms with E-state index in [2.05, 4.69) is 32.7 Å². The highest BCUT2D eigenvalue weighted by Gasteiger charge is 2.04. The van der Waals surface area contributed by atoms with Gasteiger partial charge in [0.1, 0.15) is 0 Å². The van der Waals surface area contributed by atoms with Crippen LogP contribution >= 0.6 is 0 Å². The van der Waals surface area contributed by atoms with Gasteiger partial charge < -0.3 is 0 Å². The van der Waals surface area contributed by atoms with Crippen LogP contribution in [0.4, 0.5) is 0 Å². The predicted octanol–water partition coefficient (Wildman–Crippen LogP) is 4.24. The second-order valence-corrected chi connectivity index (χ2v) is 4.23. The average Bonchev–Trinajstić information content (AvgIpc) is 2.13. The molecule has 0 aromatic heterocycles. The first-order chi connectivity index (χ1) is 6.63. The molecule has 0 amide bonds. The fraction of sp³-hybridized carbons (Fsp3) is 0.769. The van der Waals surface area contributed by atoms with Crippen LogP contribution < -0.4 is 0 Å². The molecular formula is C13H25N. The maximum Gasteiger partial charge on any atom is 0.0277 e. The summed E-state index contributed by atoms with van der Waals surface area (Å²) in [5.74, 6) is 0.598. The van der Waals surface area contributed by atoms with Gasteiger partial charge in [0.05, 0.1) is 0 Å². The van der Waals surface area contributed by atoms with E-state index in [4.69, 9.17) is 0 Å². The summed E-state index contributed by atoms with van der Waals surface area (Å²) in [6, 6.07) is 0. The van der Waals surface area contributed by atoms with Gasteiger partial charge in [-0.25, -0.2) is 0 Å². The molecule has 1 nitrogen and oxygen atoms in total. The first-order valence-electron chi connectivity index (χ1n) is 5.75. The van der Waals surface area contributed by atoms with E-state index < -0.39 is 0 Å². The molecule has 14 heavy (non-hydrogen) atoms. The van der Waals surface area contributed by atoms with Crippen molar-refractivity contribution < 1.29 is 0 Å². The summed E-state index contributed by atoms with van der Waals surface area (Å²) in [4.78, 5) is 4.12. The fourth-order valence-corrected chi connectivity index (χ4v) is 1.68. The predicted molar refractivity (Wildman–Crippen MR) is 66.1 cm³/mol. The highest BCUT2D eigenvalue weighted by molar-refractivity contribution is 5.79.